The maximum absolute atomic E-state index is 5.47. The third kappa shape index (κ3) is 5.92. The van der Waals surface area contributed by atoms with Crippen molar-refractivity contribution in [3.63, 3.8) is 0 Å². The van der Waals surface area contributed by atoms with Crippen molar-refractivity contribution in [2.75, 3.05) is 47.5 Å². The molecule has 1 N–H and O–H groups in total. The number of hydrogen-bond acceptors (Lipinski definition) is 3. The van der Waals surface area contributed by atoms with Gasteiger partial charge in [-0.3, -0.25) is 4.99 Å². The van der Waals surface area contributed by atoms with Gasteiger partial charge in [-0.15, -0.1) is 0 Å². The lowest BCUT2D eigenvalue weighted by molar-refractivity contribution is 0.0625. The summed E-state index contributed by atoms with van der Waals surface area (Å²) in [4.78, 5) is 6.66. The van der Waals surface area contributed by atoms with Gasteiger partial charge in [-0.25, -0.2) is 0 Å². The summed E-state index contributed by atoms with van der Waals surface area (Å²) < 4.78 is 10.9. The van der Waals surface area contributed by atoms with Crippen molar-refractivity contribution in [1.82, 2.24) is 10.2 Å². The van der Waals surface area contributed by atoms with E-state index in [9.17, 15) is 0 Å². The van der Waals surface area contributed by atoms with Gasteiger partial charge < -0.3 is 19.7 Å². The van der Waals surface area contributed by atoms with Crippen LogP contribution >= 0.6 is 0 Å². The molecule has 25 heavy (non-hydrogen) atoms. The molecule has 5 nitrogen and oxygen atoms in total. The highest BCUT2D eigenvalue weighted by Crippen LogP contribution is 2.25. The van der Waals surface area contributed by atoms with Crippen LogP contribution in [0.4, 0.5) is 0 Å². The van der Waals surface area contributed by atoms with Crippen LogP contribution < -0.4 is 10.1 Å². The summed E-state index contributed by atoms with van der Waals surface area (Å²) in [7, 11) is 5.69. The highest BCUT2D eigenvalue weighted by atomic mass is 16.5. The molecule has 5 heteroatoms. The van der Waals surface area contributed by atoms with Crippen molar-refractivity contribution in [2.45, 2.75) is 32.1 Å². The minimum atomic E-state index is 0.344. The van der Waals surface area contributed by atoms with E-state index < -0.39 is 0 Å². The second kappa shape index (κ2) is 10.3. The van der Waals surface area contributed by atoms with Crippen LogP contribution in [0, 0.1) is 5.92 Å². The predicted molar refractivity (Wildman–Crippen MR) is 104 cm³/mol. The molecule has 0 saturated carbocycles. The Balaban J connectivity index is 1.82. The molecule has 0 spiro atoms. The summed E-state index contributed by atoms with van der Waals surface area (Å²) in [5, 5.41) is 3.50. The normalized spacial score (nSPS) is 17.2. The molecule has 0 bridgehead atoms. The summed E-state index contributed by atoms with van der Waals surface area (Å²) in [6, 6.07) is 8.21. The van der Waals surface area contributed by atoms with E-state index in [4.69, 9.17) is 9.47 Å². The molecule has 1 aromatic rings. The first-order chi connectivity index (χ1) is 12.2. The largest absolute Gasteiger partial charge is 0.496 e. The molecule has 1 aliphatic rings. The number of aliphatic imine (C=N–C) groups is 1. The SMILES string of the molecule is CN=C(NCC(C)c1ccccc1OC)N(C)CCC1CCOCC1. The van der Waals surface area contributed by atoms with Gasteiger partial charge >= 0.3 is 0 Å². The van der Waals surface area contributed by atoms with Crippen molar-refractivity contribution in [2.24, 2.45) is 10.9 Å². The van der Waals surface area contributed by atoms with Gasteiger partial charge in [0.1, 0.15) is 5.75 Å². The fraction of sp³-hybridized carbons (Fsp3) is 0.650. The van der Waals surface area contributed by atoms with E-state index in [1.807, 2.05) is 19.2 Å². The van der Waals surface area contributed by atoms with Gasteiger partial charge in [0.2, 0.25) is 0 Å². The highest BCUT2D eigenvalue weighted by Gasteiger charge is 2.16. The molecule has 0 aromatic heterocycles. The van der Waals surface area contributed by atoms with Crippen LogP contribution in [0.1, 0.15) is 37.7 Å². The lowest BCUT2D eigenvalue weighted by atomic mass is 9.96. The Morgan fingerprint density at radius 2 is 2.08 bits per heavy atom. The number of rotatable bonds is 7. The van der Waals surface area contributed by atoms with Gasteiger partial charge in [0, 0.05) is 46.3 Å². The smallest absolute Gasteiger partial charge is 0.193 e. The third-order valence-corrected chi connectivity index (χ3v) is 5.02. The van der Waals surface area contributed by atoms with Crippen LogP contribution in [0.15, 0.2) is 29.3 Å². The third-order valence-electron chi connectivity index (χ3n) is 5.02. The lowest BCUT2D eigenvalue weighted by Crippen LogP contribution is -2.41. The second-order valence-electron chi connectivity index (χ2n) is 6.84. The average Bonchev–Trinajstić information content (AvgIpc) is 2.67. The second-order valence-corrected chi connectivity index (χ2v) is 6.84. The number of guanidine groups is 1. The quantitative estimate of drug-likeness (QED) is 0.608. The fourth-order valence-electron chi connectivity index (χ4n) is 3.33. The number of ether oxygens (including phenoxy) is 2. The Morgan fingerprint density at radius 1 is 1.36 bits per heavy atom. The summed E-state index contributed by atoms with van der Waals surface area (Å²) >= 11 is 0. The van der Waals surface area contributed by atoms with Gasteiger partial charge in [-0.1, -0.05) is 25.1 Å². The van der Waals surface area contributed by atoms with Crippen LogP contribution in [0.3, 0.4) is 0 Å². The maximum Gasteiger partial charge on any atom is 0.193 e. The van der Waals surface area contributed by atoms with E-state index in [0.717, 1.165) is 43.9 Å². The van der Waals surface area contributed by atoms with Crippen LogP contribution in [0.25, 0.3) is 0 Å². The van der Waals surface area contributed by atoms with Gasteiger partial charge in [-0.05, 0) is 36.8 Å². The molecular formula is C20H33N3O2. The molecule has 0 amide bonds. The van der Waals surface area contributed by atoms with Gasteiger partial charge in [0.25, 0.3) is 0 Å². The molecule has 1 atom stereocenters. The highest BCUT2D eigenvalue weighted by molar-refractivity contribution is 5.79. The molecule has 140 valence electrons. The fourth-order valence-corrected chi connectivity index (χ4v) is 3.33. The molecule has 0 aliphatic carbocycles. The molecule has 2 rings (SSSR count). The number of hydrogen-bond donors (Lipinski definition) is 1. The number of nitrogens with one attached hydrogen (secondary N) is 1. The first-order valence-electron chi connectivity index (χ1n) is 9.28. The lowest BCUT2D eigenvalue weighted by Gasteiger charge is -2.27. The zero-order valence-corrected chi connectivity index (χ0v) is 16.1. The Bertz CT molecular complexity index is 541. The molecule has 1 heterocycles. The predicted octanol–water partition coefficient (Wildman–Crippen LogP) is 3.12. The Kier molecular flexibility index (Phi) is 8.06. The summed E-state index contributed by atoms with van der Waals surface area (Å²) in [6.07, 6.45) is 3.57. The summed E-state index contributed by atoms with van der Waals surface area (Å²) in [5.41, 5.74) is 1.22. The van der Waals surface area contributed by atoms with E-state index in [0.29, 0.717) is 5.92 Å². The Labute approximate surface area is 152 Å². The zero-order chi connectivity index (χ0) is 18.1. The number of benzene rings is 1. The van der Waals surface area contributed by atoms with Crippen molar-refractivity contribution < 1.29 is 9.47 Å². The Hall–Kier alpha value is -1.75. The zero-order valence-electron chi connectivity index (χ0n) is 16.1. The van der Waals surface area contributed by atoms with Crippen LogP contribution in [-0.2, 0) is 4.74 Å². The summed E-state index contributed by atoms with van der Waals surface area (Å²) in [6.45, 7) is 5.89. The minimum absolute atomic E-state index is 0.344. The monoisotopic (exact) mass is 347 g/mol. The maximum atomic E-state index is 5.47. The molecule has 1 saturated heterocycles. The van der Waals surface area contributed by atoms with Gasteiger partial charge in [-0.2, -0.15) is 0 Å². The van der Waals surface area contributed by atoms with Crippen molar-refractivity contribution >= 4 is 5.96 Å². The van der Waals surface area contributed by atoms with Gasteiger partial charge in [0.05, 0.1) is 7.11 Å². The number of nitrogens with zero attached hydrogens (tertiary/aromatic N) is 2. The van der Waals surface area contributed by atoms with E-state index in [1.165, 1.54) is 24.8 Å². The minimum Gasteiger partial charge on any atom is -0.496 e. The number of methoxy groups -OCH3 is 1. The first-order valence-corrected chi connectivity index (χ1v) is 9.28. The first kappa shape index (κ1) is 19.6. The molecule has 1 fully saturated rings. The van der Waals surface area contributed by atoms with Crippen LogP contribution in [0.2, 0.25) is 0 Å². The molecule has 0 radical (unpaired) electrons. The van der Waals surface area contributed by atoms with E-state index >= 15 is 0 Å². The molecule has 1 unspecified atom stereocenters. The van der Waals surface area contributed by atoms with E-state index in [1.54, 1.807) is 7.11 Å². The van der Waals surface area contributed by atoms with E-state index in [2.05, 4.69) is 41.3 Å². The number of para-hydroxylation sites is 1. The Morgan fingerprint density at radius 3 is 2.76 bits per heavy atom. The van der Waals surface area contributed by atoms with Gasteiger partial charge in [0.15, 0.2) is 5.96 Å². The average molecular weight is 348 g/mol. The standard InChI is InChI=1S/C20H33N3O2/c1-16(18-7-5-6-8-19(18)24-4)15-22-20(21-2)23(3)12-9-17-10-13-25-14-11-17/h5-8,16-17H,9-15H2,1-4H3,(H,21,22). The van der Waals surface area contributed by atoms with E-state index in [-0.39, 0.29) is 0 Å². The van der Waals surface area contributed by atoms with Crippen LogP contribution in [-0.4, -0.2) is 58.4 Å². The summed E-state index contributed by atoms with van der Waals surface area (Å²) in [5.74, 6) is 3.02. The van der Waals surface area contributed by atoms with Crippen molar-refractivity contribution in [1.29, 1.82) is 0 Å². The molecular weight excluding hydrogens is 314 g/mol. The molecule has 1 aliphatic heterocycles. The molecule has 1 aromatic carbocycles. The topological polar surface area (TPSA) is 46.1 Å². The van der Waals surface area contributed by atoms with Crippen molar-refractivity contribution in [3.05, 3.63) is 29.8 Å². The van der Waals surface area contributed by atoms with Crippen LogP contribution in [0.5, 0.6) is 5.75 Å². The van der Waals surface area contributed by atoms with Crippen molar-refractivity contribution in [3.8, 4) is 5.75 Å².